The molecule has 0 aliphatic rings. The van der Waals surface area contributed by atoms with Crippen LogP contribution in [0.4, 0.5) is 0 Å². The largest absolute Gasteiger partial charge is 0.393 e. The van der Waals surface area contributed by atoms with E-state index < -0.39 is 12.1 Å². The Balaban J connectivity index is 4.35. The van der Waals surface area contributed by atoms with Crippen LogP contribution in [0.5, 0.6) is 0 Å². The summed E-state index contributed by atoms with van der Waals surface area (Å²) in [6.45, 7) is 11.4. The average Bonchev–Trinajstić information content (AvgIpc) is 2.31. The summed E-state index contributed by atoms with van der Waals surface area (Å²) in [6.07, 6.45) is 1.23. The number of carbonyl (C=O) groups is 2. The van der Waals surface area contributed by atoms with Crippen LogP contribution < -0.4 is 10.6 Å². The van der Waals surface area contributed by atoms with Crippen molar-refractivity contribution in [3.63, 3.8) is 0 Å². The van der Waals surface area contributed by atoms with Gasteiger partial charge in [-0.05, 0) is 19.3 Å². The minimum atomic E-state index is -0.734. The monoisotopic (exact) mass is 270 g/mol. The zero-order valence-electron chi connectivity index (χ0n) is 12.3. The molecule has 0 unspecified atom stereocenters. The normalized spacial score (nSPS) is 15.5. The van der Waals surface area contributed by atoms with E-state index >= 15 is 0 Å². The Labute approximate surface area is 115 Å². The molecular formula is C14H26N2O3. The first-order chi connectivity index (χ1) is 8.77. The maximum Gasteiger partial charge on any atom is 0.246 e. The van der Waals surface area contributed by atoms with Crippen LogP contribution >= 0.6 is 0 Å². The fraction of sp³-hybridized carbons (Fsp3) is 0.714. The number of rotatable bonds is 8. The highest BCUT2D eigenvalue weighted by atomic mass is 16.3. The molecule has 0 bridgehead atoms. The second-order valence-corrected chi connectivity index (χ2v) is 5.35. The Hall–Kier alpha value is -1.36. The molecule has 3 atom stereocenters. The second-order valence-electron chi connectivity index (χ2n) is 5.35. The summed E-state index contributed by atoms with van der Waals surface area (Å²) in [4.78, 5) is 23.7. The van der Waals surface area contributed by atoms with Crippen molar-refractivity contribution in [2.24, 2.45) is 11.8 Å². The average molecular weight is 270 g/mol. The third-order valence-electron chi connectivity index (χ3n) is 2.64. The summed E-state index contributed by atoms with van der Waals surface area (Å²) >= 11 is 0. The van der Waals surface area contributed by atoms with Crippen LogP contribution in [-0.4, -0.2) is 35.6 Å². The van der Waals surface area contributed by atoms with Crippen LogP contribution in [-0.2, 0) is 9.59 Å². The predicted molar refractivity (Wildman–Crippen MR) is 75.4 cm³/mol. The highest BCUT2D eigenvalue weighted by molar-refractivity contribution is 5.89. The molecule has 0 aliphatic carbocycles. The lowest BCUT2D eigenvalue weighted by atomic mass is 10.0. The summed E-state index contributed by atoms with van der Waals surface area (Å²) in [5, 5.41) is 14.6. The number of nitrogens with one attached hydrogen (secondary N) is 2. The number of aliphatic hydroxyl groups is 1. The smallest absolute Gasteiger partial charge is 0.246 e. The standard InChI is InChI=1S/C14H26N2O3/c1-6-12(14(19)15-8-9(2)3)16-13(18)10(4)7-11(5)17/h6,9-12,17H,1,7-8H2,2-5H3,(H,15,19)(H,16,18)/t10-,11-,12+/m1/s1. The lowest BCUT2D eigenvalue weighted by Gasteiger charge is -2.19. The van der Waals surface area contributed by atoms with E-state index in [2.05, 4.69) is 17.2 Å². The first kappa shape index (κ1) is 17.6. The summed E-state index contributed by atoms with van der Waals surface area (Å²) in [5.41, 5.74) is 0. The molecule has 0 heterocycles. The molecule has 5 nitrogen and oxygen atoms in total. The van der Waals surface area contributed by atoms with E-state index in [0.29, 0.717) is 18.9 Å². The number of aliphatic hydroxyl groups excluding tert-OH is 1. The van der Waals surface area contributed by atoms with Gasteiger partial charge in [-0.2, -0.15) is 0 Å². The minimum absolute atomic E-state index is 0.259. The molecule has 0 spiro atoms. The van der Waals surface area contributed by atoms with Crippen molar-refractivity contribution in [1.82, 2.24) is 10.6 Å². The molecule has 0 radical (unpaired) electrons. The van der Waals surface area contributed by atoms with Gasteiger partial charge in [0.2, 0.25) is 11.8 Å². The molecule has 0 rings (SSSR count). The third kappa shape index (κ3) is 7.62. The number of hydrogen-bond donors (Lipinski definition) is 3. The summed E-state index contributed by atoms with van der Waals surface area (Å²) < 4.78 is 0. The SMILES string of the molecule is C=C[C@H](NC(=O)[C@H](C)C[C@@H](C)O)C(=O)NCC(C)C. The van der Waals surface area contributed by atoms with E-state index in [0.717, 1.165) is 0 Å². The Bertz CT molecular complexity index is 314. The molecule has 0 aliphatic heterocycles. The van der Waals surface area contributed by atoms with Crippen LogP contribution in [0.15, 0.2) is 12.7 Å². The van der Waals surface area contributed by atoms with Gasteiger partial charge in [0.15, 0.2) is 0 Å². The van der Waals surface area contributed by atoms with Gasteiger partial charge < -0.3 is 15.7 Å². The molecular weight excluding hydrogens is 244 g/mol. The van der Waals surface area contributed by atoms with Crippen LogP contribution in [0.1, 0.15) is 34.1 Å². The van der Waals surface area contributed by atoms with Gasteiger partial charge in [-0.15, -0.1) is 6.58 Å². The van der Waals surface area contributed by atoms with Gasteiger partial charge in [0.25, 0.3) is 0 Å². The molecule has 0 fully saturated rings. The van der Waals surface area contributed by atoms with Gasteiger partial charge >= 0.3 is 0 Å². The summed E-state index contributed by atoms with van der Waals surface area (Å²) in [5.74, 6) is -0.522. The van der Waals surface area contributed by atoms with Crippen molar-refractivity contribution < 1.29 is 14.7 Å². The first-order valence-corrected chi connectivity index (χ1v) is 6.66. The molecule has 19 heavy (non-hydrogen) atoms. The van der Waals surface area contributed by atoms with Crippen LogP contribution in [0, 0.1) is 11.8 Å². The Morgan fingerprint density at radius 2 is 1.79 bits per heavy atom. The van der Waals surface area contributed by atoms with Gasteiger partial charge in [-0.1, -0.05) is 26.8 Å². The van der Waals surface area contributed by atoms with Crippen molar-refractivity contribution in [3.8, 4) is 0 Å². The van der Waals surface area contributed by atoms with E-state index in [1.165, 1.54) is 6.08 Å². The molecule has 0 aromatic rings. The lowest BCUT2D eigenvalue weighted by Crippen LogP contribution is -2.47. The van der Waals surface area contributed by atoms with Crippen molar-refractivity contribution in [2.45, 2.75) is 46.3 Å². The van der Waals surface area contributed by atoms with Crippen LogP contribution in [0.25, 0.3) is 0 Å². The Kier molecular flexibility index (Phi) is 8.07. The van der Waals surface area contributed by atoms with Gasteiger partial charge in [-0.25, -0.2) is 0 Å². The highest BCUT2D eigenvalue weighted by Gasteiger charge is 2.21. The molecule has 3 N–H and O–H groups in total. The summed E-state index contributed by atoms with van der Waals surface area (Å²) in [6, 6.07) is -0.734. The molecule has 0 saturated carbocycles. The van der Waals surface area contributed by atoms with E-state index in [-0.39, 0.29) is 17.7 Å². The molecule has 0 aromatic heterocycles. The molecule has 110 valence electrons. The maximum absolute atomic E-state index is 11.8. The van der Waals surface area contributed by atoms with Gasteiger partial charge in [0, 0.05) is 12.5 Å². The zero-order chi connectivity index (χ0) is 15.0. The molecule has 5 heteroatoms. The van der Waals surface area contributed by atoms with E-state index in [1.54, 1.807) is 13.8 Å². The second kappa shape index (κ2) is 8.69. The summed E-state index contributed by atoms with van der Waals surface area (Å²) in [7, 11) is 0. The van der Waals surface area contributed by atoms with Crippen LogP contribution in [0.2, 0.25) is 0 Å². The number of amides is 2. The van der Waals surface area contributed by atoms with Gasteiger partial charge in [0.1, 0.15) is 6.04 Å². The third-order valence-corrected chi connectivity index (χ3v) is 2.64. The van der Waals surface area contributed by atoms with E-state index in [1.807, 2.05) is 13.8 Å². The van der Waals surface area contributed by atoms with E-state index in [9.17, 15) is 14.7 Å². The fourth-order valence-corrected chi connectivity index (χ4v) is 1.56. The van der Waals surface area contributed by atoms with Crippen molar-refractivity contribution >= 4 is 11.8 Å². The van der Waals surface area contributed by atoms with E-state index in [4.69, 9.17) is 0 Å². The van der Waals surface area contributed by atoms with Crippen molar-refractivity contribution in [3.05, 3.63) is 12.7 Å². The maximum atomic E-state index is 11.8. The predicted octanol–water partition coefficient (Wildman–Crippen LogP) is 0.836. The van der Waals surface area contributed by atoms with Gasteiger partial charge in [-0.3, -0.25) is 9.59 Å². The Morgan fingerprint density at radius 1 is 1.21 bits per heavy atom. The van der Waals surface area contributed by atoms with Crippen LogP contribution in [0.3, 0.4) is 0 Å². The van der Waals surface area contributed by atoms with Gasteiger partial charge in [0.05, 0.1) is 6.10 Å². The van der Waals surface area contributed by atoms with Crippen molar-refractivity contribution in [1.29, 1.82) is 0 Å². The van der Waals surface area contributed by atoms with Crippen molar-refractivity contribution in [2.75, 3.05) is 6.54 Å². The highest BCUT2D eigenvalue weighted by Crippen LogP contribution is 2.06. The molecule has 0 aromatic carbocycles. The Morgan fingerprint density at radius 3 is 2.21 bits per heavy atom. The lowest BCUT2D eigenvalue weighted by molar-refractivity contribution is -0.130. The quantitative estimate of drug-likeness (QED) is 0.572. The first-order valence-electron chi connectivity index (χ1n) is 6.66. The number of hydrogen-bond acceptors (Lipinski definition) is 3. The zero-order valence-corrected chi connectivity index (χ0v) is 12.3. The fourth-order valence-electron chi connectivity index (χ4n) is 1.56. The molecule has 2 amide bonds. The topological polar surface area (TPSA) is 78.4 Å². The molecule has 0 saturated heterocycles. The number of carbonyl (C=O) groups excluding carboxylic acids is 2. The minimum Gasteiger partial charge on any atom is -0.393 e.